The molecule has 0 radical (unpaired) electrons. The zero-order valence-corrected chi connectivity index (χ0v) is 28.4. The molecule has 0 aromatic carbocycles. The van der Waals surface area contributed by atoms with Gasteiger partial charge in [0.05, 0.1) is 6.04 Å². The molecule has 13 nitrogen and oxygen atoms in total. The third-order valence-corrected chi connectivity index (χ3v) is 8.18. The van der Waals surface area contributed by atoms with E-state index in [9.17, 15) is 29.1 Å². The van der Waals surface area contributed by atoms with Gasteiger partial charge in [0.15, 0.2) is 0 Å². The van der Waals surface area contributed by atoms with Crippen molar-refractivity contribution in [3.05, 3.63) is 0 Å². The standard InChI is InChI=1S/C30H59N7O6S/c1-7-20(4)25(33-5)29(41)35-22(13-9-11-16-32)26(38)34-21(12-8-10-15-31)27(39)37-24(18-19(2)3)28(40)36-23(30(42)43)14-17-44-6/h19-25,33H,7-18,31-32H2,1-6H3,(H,34,38)(H,35,41)(H,36,40)(H,37,39)(H,42,43). The highest BCUT2D eigenvalue weighted by molar-refractivity contribution is 7.98. The van der Waals surface area contributed by atoms with Gasteiger partial charge in [-0.05, 0) is 95.3 Å². The fraction of sp³-hybridized carbons (Fsp3) is 0.833. The molecule has 0 aliphatic rings. The maximum absolute atomic E-state index is 13.6. The van der Waals surface area contributed by atoms with E-state index in [1.807, 2.05) is 34.0 Å². The summed E-state index contributed by atoms with van der Waals surface area (Å²) in [5, 5.41) is 23.6. The highest BCUT2D eigenvalue weighted by Crippen LogP contribution is 2.12. The number of hydrogen-bond donors (Lipinski definition) is 8. The van der Waals surface area contributed by atoms with E-state index in [4.69, 9.17) is 11.5 Å². The minimum absolute atomic E-state index is 0.0126. The average Bonchev–Trinajstić information content (AvgIpc) is 2.97. The Morgan fingerprint density at radius 1 is 0.705 bits per heavy atom. The van der Waals surface area contributed by atoms with Crippen LogP contribution in [0.2, 0.25) is 0 Å². The number of likely N-dealkylation sites (N-methyl/N-ethyl adjacent to an activating group) is 1. The Labute approximate surface area is 267 Å². The first-order valence-electron chi connectivity index (χ1n) is 15.9. The van der Waals surface area contributed by atoms with Crippen molar-refractivity contribution in [2.75, 3.05) is 32.1 Å². The zero-order valence-electron chi connectivity index (χ0n) is 27.6. The second-order valence-electron chi connectivity index (χ2n) is 11.7. The summed E-state index contributed by atoms with van der Waals surface area (Å²) in [5.41, 5.74) is 11.3. The molecule has 0 aromatic rings. The Hall–Kier alpha value is -2.42. The summed E-state index contributed by atoms with van der Waals surface area (Å²) in [7, 11) is 1.70. The van der Waals surface area contributed by atoms with E-state index in [1.54, 1.807) is 7.05 Å². The molecular weight excluding hydrogens is 586 g/mol. The highest BCUT2D eigenvalue weighted by Gasteiger charge is 2.32. The Balaban J connectivity index is 5.97. The van der Waals surface area contributed by atoms with Crippen molar-refractivity contribution >= 4 is 41.4 Å². The van der Waals surface area contributed by atoms with Gasteiger partial charge in [-0.15, -0.1) is 0 Å². The minimum atomic E-state index is -1.15. The summed E-state index contributed by atoms with van der Waals surface area (Å²) in [6.45, 7) is 8.57. The molecule has 0 fully saturated rings. The summed E-state index contributed by atoms with van der Waals surface area (Å²) < 4.78 is 0. The number of nitrogens with one attached hydrogen (secondary N) is 5. The van der Waals surface area contributed by atoms with Crippen molar-refractivity contribution in [2.24, 2.45) is 23.3 Å². The molecule has 10 N–H and O–H groups in total. The van der Waals surface area contributed by atoms with Crippen LogP contribution in [0.25, 0.3) is 0 Å². The summed E-state index contributed by atoms with van der Waals surface area (Å²) in [6, 6.07) is -4.46. The molecule has 256 valence electrons. The predicted octanol–water partition coefficient (Wildman–Crippen LogP) is 0.702. The first-order chi connectivity index (χ1) is 20.9. The Morgan fingerprint density at radius 2 is 1.16 bits per heavy atom. The number of carboxylic acid groups (broad SMARTS) is 1. The van der Waals surface area contributed by atoms with Crippen molar-refractivity contribution in [3.63, 3.8) is 0 Å². The van der Waals surface area contributed by atoms with Gasteiger partial charge in [-0.2, -0.15) is 11.8 Å². The Bertz CT molecular complexity index is 879. The number of thioether (sulfide) groups is 1. The number of carbonyl (C=O) groups is 5. The Kier molecular flexibility index (Phi) is 22.6. The molecule has 0 aliphatic carbocycles. The second-order valence-corrected chi connectivity index (χ2v) is 12.7. The molecule has 0 aliphatic heterocycles. The third-order valence-electron chi connectivity index (χ3n) is 7.53. The van der Waals surface area contributed by atoms with Crippen molar-refractivity contribution in [1.82, 2.24) is 26.6 Å². The summed E-state index contributed by atoms with van der Waals surface area (Å²) in [5.74, 6) is -2.52. The van der Waals surface area contributed by atoms with Crippen LogP contribution in [-0.4, -0.2) is 97.1 Å². The first kappa shape index (κ1) is 41.6. The molecular formula is C30H59N7O6S. The number of amides is 4. The number of carbonyl (C=O) groups excluding carboxylic acids is 4. The molecule has 0 aromatic heterocycles. The lowest BCUT2D eigenvalue weighted by atomic mass is 9.97. The van der Waals surface area contributed by atoms with Crippen LogP contribution in [-0.2, 0) is 24.0 Å². The average molecular weight is 646 g/mol. The Morgan fingerprint density at radius 3 is 1.57 bits per heavy atom. The van der Waals surface area contributed by atoms with E-state index in [1.165, 1.54) is 11.8 Å². The zero-order chi connectivity index (χ0) is 33.7. The highest BCUT2D eigenvalue weighted by atomic mass is 32.2. The molecule has 44 heavy (non-hydrogen) atoms. The van der Waals surface area contributed by atoms with Crippen LogP contribution in [0.3, 0.4) is 0 Å². The monoisotopic (exact) mass is 645 g/mol. The smallest absolute Gasteiger partial charge is 0.326 e. The lowest BCUT2D eigenvalue weighted by Gasteiger charge is -2.28. The van der Waals surface area contributed by atoms with Crippen LogP contribution in [0, 0.1) is 11.8 Å². The van der Waals surface area contributed by atoms with E-state index in [2.05, 4.69) is 26.6 Å². The topological polar surface area (TPSA) is 218 Å². The van der Waals surface area contributed by atoms with Crippen LogP contribution >= 0.6 is 11.8 Å². The third kappa shape index (κ3) is 16.6. The number of aliphatic carboxylic acids is 1. The predicted molar refractivity (Wildman–Crippen MR) is 176 cm³/mol. The molecule has 0 bridgehead atoms. The van der Waals surface area contributed by atoms with E-state index in [0.29, 0.717) is 50.9 Å². The molecule has 4 amide bonds. The molecule has 0 spiro atoms. The van der Waals surface area contributed by atoms with Crippen molar-refractivity contribution in [2.45, 2.75) is 116 Å². The van der Waals surface area contributed by atoms with Crippen LogP contribution < -0.4 is 38.1 Å². The number of carboxylic acids is 1. The largest absolute Gasteiger partial charge is 0.480 e. The summed E-state index contributed by atoms with van der Waals surface area (Å²) in [4.78, 5) is 65.2. The maximum Gasteiger partial charge on any atom is 0.326 e. The maximum atomic E-state index is 13.6. The van der Waals surface area contributed by atoms with Gasteiger partial charge in [-0.3, -0.25) is 19.2 Å². The van der Waals surface area contributed by atoms with Gasteiger partial charge in [0.25, 0.3) is 0 Å². The molecule has 0 rings (SSSR count). The second kappa shape index (κ2) is 23.9. The number of nitrogens with two attached hydrogens (primary N) is 2. The first-order valence-corrected chi connectivity index (χ1v) is 17.3. The van der Waals surface area contributed by atoms with Gasteiger partial charge < -0.3 is 43.2 Å². The van der Waals surface area contributed by atoms with Gasteiger partial charge in [0, 0.05) is 0 Å². The van der Waals surface area contributed by atoms with Crippen molar-refractivity contribution in [1.29, 1.82) is 0 Å². The van der Waals surface area contributed by atoms with Gasteiger partial charge >= 0.3 is 5.97 Å². The van der Waals surface area contributed by atoms with Gasteiger partial charge in [-0.1, -0.05) is 34.1 Å². The van der Waals surface area contributed by atoms with Crippen LogP contribution in [0.1, 0.15) is 85.5 Å². The fourth-order valence-corrected chi connectivity index (χ4v) is 5.18. The normalized spacial score (nSPS) is 15.4. The van der Waals surface area contributed by atoms with Gasteiger partial charge in [-0.25, -0.2) is 4.79 Å². The summed E-state index contributed by atoms with van der Waals surface area (Å²) in [6.07, 6.45) is 6.18. The number of unbranched alkanes of at least 4 members (excludes halogenated alkanes) is 2. The molecule has 0 saturated carbocycles. The lowest BCUT2D eigenvalue weighted by Crippen LogP contribution is -2.59. The SMILES string of the molecule is CCC(C)C(NC)C(=O)NC(CCCCN)C(=O)NC(CCCCN)C(=O)NC(CC(C)C)C(=O)NC(CCSC)C(=O)O. The van der Waals surface area contributed by atoms with E-state index < -0.39 is 53.9 Å². The van der Waals surface area contributed by atoms with Crippen LogP contribution in [0.15, 0.2) is 0 Å². The van der Waals surface area contributed by atoms with E-state index in [-0.39, 0.29) is 37.0 Å². The lowest BCUT2D eigenvalue weighted by molar-refractivity contribution is -0.142. The molecule has 0 saturated heterocycles. The molecule has 0 heterocycles. The van der Waals surface area contributed by atoms with Crippen LogP contribution in [0.5, 0.6) is 0 Å². The van der Waals surface area contributed by atoms with Gasteiger partial charge in [0.2, 0.25) is 23.6 Å². The van der Waals surface area contributed by atoms with Crippen molar-refractivity contribution < 1.29 is 29.1 Å². The van der Waals surface area contributed by atoms with Gasteiger partial charge in [0.1, 0.15) is 24.2 Å². The molecule has 6 atom stereocenters. The van der Waals surface area contributed by atoms with E-state index >= 15 is 0 Å². The molecule has 6 unspecified atom stereocenters. The number of rotatable bonds is 25. The van der Waals surface area contributed by atoms with E-state index in [0.717, 1.165) is 6.42 Å². The number of hydrogen-bond acceptors (Lipinski definition) is 9. The minimum Gasteiger partial charge on any atom is -0.480 e. The quantitative estimate of drug-likeness (QED) is 0.0650. The molecule has 14 heteroatoms. The van der Waals surface area contributed by atoms with Crippen LogP contribution in [0.4, 0.5) is 0 Å². The van der Waals surface area contributed by atoms with Crippen molar-refractivity contribution in [3.8, 4) is 0 Å². The fourth-order valence-electron chi connectivity index (χ4n) is 4.71. The summed E-state index contributed by atoms with van der Waals surface area (Å²) >= 11 is 1.47.